The van der Waals surface area contributed by atoms with Gasteiger partial charge in [0, 0.05) is 13.1 Å². The molecular weight excluding hydrogens is 361 g/mol. The molecule has 0 saturated carbocycles. The zero-order valence-electron chi connectivity index (χ0n) is 15.9. The molecule has 4 rings (SSSR count). The van der Waals surface area contributed by atoms with E-state index in [1.807, 2.05) is 13.8 Å². The van der Waals surface area contributed by atoms with E-state index >= 15 is 0 Å². The summed E-state index contributed by atoms with van der Waals surface area (Å²) < 4.78 is 20.2. The highest BCUT2D eigenvalue weighted by atomic mass is 19.1. The number of aryl methyl sites for hydroxylation is 1. The molecule has 1 atom stereocenters. The number of anilines is 1. The highest BCUT2D eigenvalue weighted by Gasteiger charge is 2.29. The van der Waals surface area contributed by atoms with E-state index in [-0.39, 0.29) is 17.7 Å². The van der Waals surface area contributed by atoms with Crippen LogP contribution in [-0.4, -0.2) is 45.4 Å². The summed E-state index contributed by atoms with van der Waals surface area (Å²) in [6.45, 7) is 5.41. The summed E-state index contributed by atoms with van der Waals surface area (Å²) in [7, 11) is 0. The average Bonchev–Trinajstić information content (AvgIpc) is 3.12. The Kier molecular flexibility index (Phi) is 4.93. The maximum atomic E-state index is 13.3. The zero-order valence-corrected chi connectivity index (χ0v) is 15.9. The number of piperidine rings is 1. The topological polar surface area (TPSA) is 73.1 Å². The Balaban J connectivity index is 1.72. The third-order valence-corrected chi connectivity index (χ3v) is 4.93. The van der Waals surface area contributed by atoms with Crippen molar-refractivity contribution < 1.29 is 13.9 Å². The molecule has 2 aromatic heterocycles. The van der Waals surface area contributed by atoms with Gasteiger partial charge in [-0.1, -0.05) is 0 Å². The van der Waals surface area contributed by atoms with Crippen molar-refractivity contribution in [3.63, 3.8) is 0 Å². The Bertz CT molecular complexity index is 1000. The van der Waals surface area contributed by atoms with E-state index in [1.165, 1.54) is 12.1 Å². The van der Waals surface area contributed by atoms with Crippen LogP contribution in [0.2, 0.25) is 0 Å². The van der Waals surface area contributed by atoms with Crippen molar-refractivity contribution in [1.29, 1.82) is 0 Å². The number of nitrogens with zero attached hydrogens (tertiary/aromatic N) is 5. The van der Waals surface area contributed by atoms with Gasteiger partial charge in [0.25, 0.3) is 0 Å². The molecule has 8 heteroatoms. The van der Waals surface area contributed by atoms with E-state index in [0.29, 0.717) is 24.6 Å². The number of carbonyl (C=O) groups excluding carboxylic acids is 1. The number of ether oxygens (including phenoxy) is 1. The van der Waals surface area contributed by atoms with Gasteiger partial charge in [-0.15, -0.1) is 0 Å². The average molecular weight is 383 g/mol. The molecule has 0 spiro atoms. The Labute approximate surface area is 162 Å². The first-order valence-electron chi connectivity index (χ1n) is 9.46. The molecular formula is C20H22FN5O2. The van der Waals surface area contributed by atoms with E-state index in [4.69, 9.17) is 4.74 Å². The molecule has 1 aromatic carbocycles. The van der Waals surface area contributed by atoms with Crippen LogP contribution in [0.25, 0.3) is 16.7 Å². The van der Waals surface area contributed by atoms with Gasteiger partial charge in [-0.05, 0) is 51.0 Å². The van der Waals surface area contributed by atoms with E-state index in [0.717, 1.165) is 36.3 Å². The molecule has 7 nitrogen and oxygen atoms in total. The molecule has 146 valence electrons. The van der Waals surface area contributed by atoms with Gasteiger partial charge in [-0.25, -0.2) is 19.0 Å². The van der Waals surface area contributed by atoms with Gasteiger partial charge >= 0.3 is 5.97 Å². The Hall–Kier alpha value is -3.03. The first-order chi connectivity index (χ1) is 13.6. The highest BCUT2D eigenvalue weighted by molar-refractivity contribution is 5.88. The summed E-state index contributed by atoms with van der Waals surface area (Å²) in [6, 6.07) is 6.12. The second-order valence-electron chi connectivity index (χ2n) is 6.90. The number of halogens is 1. The minimum absolute atomic E-state index is 0.156. The molecule has 3 heterocycles. The number of rotatable bonds is 4. The van der Waals surface area contributed by atoms with E-state index < -0.39 is 0 Å². The van der Waals surface area contributed by atoms with Crippen LogP contribution in [0.15, 0.2) is 30.5 Å². The minimum Gasteiger partial charge on any atom is -0.466 e. The first-order valence-corrected chi connectivity index (χ1v) is 9.46. The lowest BCUT2D eigenvalue weighted by Crippen LogP contribution is -2.40. The molecule has 28 heavy (non-hydrogen) atoms. The van der Waals surface area contributed by atoms with Gasteiger partial charge in [-0.3, -0.25) is 4.79 Å². The molecule has 0 radical (unpaired) electrons. The first kappa shape index (κ1) is 18.3. The van der Waals surface area contributed by atoms with Gasteiger partial charge in [0.1, 0.15) is 17.5 Å². The number of carbonyl (C=O) groups is 1. The van der Waals surface area contributed by atoms with E-state index in [1.54, 1.807) is 23.0 Å². The van der Waals surface area contributed by atoms with Gasteiger partial charge < -0.3 is 9.64 Å². The number of benzene rings is 1. The third kappa shape index (κ3) is 3.42. The summed E-state index contributed by atoms with van der Waals surface area (Å²) in [5, 5.41) is 5.25. The van der Waals surface area contributed by atoms with E-state index in [2.05, 4.69) is 20.0 Å². The summed E-state index contributed by atoms with van der Waals surface area (Å²) in [6.07, 6.45) is 3.43. The SMILES string of the molecule is CCOC(=O)[C@@H]1CCCN(c2nc(C)nc3c2cnn3-c2ccc(F)cc2)C1. The lowest BCUT2D eigenvalue weighted by atomic mass is 9.98. The number of fused-ring (bicyclic) bond motifs is 1. The van der Waals surface area contributed by atoms with Crippen LogP contribution in [-0.2, 0) is 9.53 Å². The van der Waals surface area contributed by atoms with Crippen molar-refractivity contribution in [2.45, 2.75) is 26.7 Å². The fourth-order valence-electron chi connectivity index (χ4n) is 3.63. The predicted molar refractivity (Wildman–Crippen MR) is 103 cm³/mol. The van der Waals surface area contributed by atoms with Gasteiger partial charge in [-0.2, -0.15) is 5.10 Å². The number of hydrogen-bond acceptors (Lipinski definition) is 6. The monoisotopic (exact) mass is 383 g/mol. The van der Waals surface area contributed by atoms with Crippen molar-refractivity contribution in [3.05, 3.63) is 42.1 Å². The second kappa shape index (κ2) is 7.53. The van der Waals surface area contributed by atoms with Crippen LogP contribution >= 0.6 is 0 Å². The van der Waals surface area contributed by atoms with Gasteiger partial charge in [0.2, 0.25) is 0 Å². The molecule has 0 bridgehead atoms. The van der Waals surface area contributed by atoms with Gasteiger partial charge in [0.15, 0.2) is 5.65 Å². The maximum absolute atomic E-state index is 13.3. The largest absolute Gasteiger partial charge is 0.466 e. The minimum atomic E-state index is -0.301. The van der Waals surface area contributed by atoms with Crippen LogP contribution in [0.5, 0.6) is 0 Å². The smallest absolute Gasteiger partial charge is 0.310 e. The number of esters is 1. The second-order valence-corrected chi connectivity index (χ2v) is 6.90. The maximum Gasteiger partial charge on any atom is 0.310 e. The van der Waals surface area contributed by atoms with Crippen LogP contribution < -0.4 is 4.90 Å². The molecule has 0 unspecified atom stereocenters. The predicted octanol–water partition coefficient (Wildman–Crippen LogP) is 3.04. The lowest BCUT2D eigenvalue weighted by Gasteiger charge is -2.32. The van der Waals surface area contributed by atoms with Crippen LogP contribution in [0.3, 0.4) is 0 Å². The normalized spacial score (nSPS) is 17.1. The lowest BCUT2D eigenvalue weighted by molar-refractivity contribution is -0.148. The fraction of sp³-hybridized carbons (Fsp3) is 0.400. The molecule has 0 amide bonds. The Morgan fingerprint density at radius 2 is 2.07 bits per heavy atom. The number of aromatic nitrogens is 4. The Morgan fingerprint density at radius 1 is 1.29 bits per heavy atom. The third-order valence-electron chi connectivity index (χ3n) is 4.93. The molecule has 1 aliphatic heterocycles. The molecule has 0 aliphatic carbocycles. The zero-order chi connectivity index (χ0) is 19.7. The van der Waals surface area contributed by atoms with Crippen molar-refractivity contribution in [2.24, 2.45) is 5.92 Å². The van der Waals surface area contributed by atoms with E-state index in [9.17, 15) is 9.18 Å². The van der Waals surface area contributed by atoms with Crippen LogP contribution in [0, 0.1) is 18.7 Å². The molecule has 0 N–H and O–H groups in total. The fourth-order valence-corrected chi connectivity index (χ4v) is 3.63. The highest BCUT2D eigenvalue weighted by Crippen LogP contribution is 2.29. The summed E-state index contributed by atoms with van der Waals surface area (Å²) in [4.78, 5) is 23.5. The summed E-state index contributed by atoms with van der Waals surface area (Å²) in [5.41, 5.74) is 1.39. The molecule has 1 aliphatic rings. The summed E-state index contributed by atoms with van der Waals surface area (Å²) in [5.74, 6) is 0.766. The van der Waals surface area contributed by atoms with Crippen LogP contribution in [0.1, 0.15) is 25.6 Å². The molecule has 1 fully saturated rings. The Morgan fingerprint density at radius 3 is 2.82 bits per heavy atom. The van der Waals surface area contributed by atoms with Crippen molar-refractivity contribution in [1.82, 2.24) is 19.7 Å². The molecule has 1 saturated heterocycles. The van der Waals surface area contributed by atoms with Crippen molar-refractivity contribution in [3.8, 4) is 5.69 Å². The molecule has 3 aromatic rings. The standard InChI is InChI=1S/C20H22FN5O2/c1-3-28-20(27)14-5-4-10-25(12-14)18-17-11-22-26(19(17)24-13(2)23-18)16-8-6-15(21)7-9-16/h6-9,11,14H,3-5,10,12H2,1-2H3/t14-/m1/s1. The van der Waals surface area contributed by atoms with Crippen LogP contribution in [0.4, 0.5) is 10.2 Å². The van der Waals surface area contributed by atoms with Crippen molar-refractivity contribution in [2.75, 3.05) is 24.6 Å². The summed E-state index contributed by atoms with van der Waals surface area (Å²) >= 11 is 0. The quantitative estimate of drug-likeness (QED) is 0.645. The number of hydrogen-bond donors (Lipinski definition) is 0. The van der Waals surface area contributed by atoms with Crippen molar-refractivity contribution >= 4 is 22.8 Å². The van der Waals surface area contributed by atoms with Gasteiger partial charge in [0.05, 0.1) is 29.8 Å².